The molecule has 0 aliphatic rings. The van der Waals surface area contributed by atoms with Gasteiger partial charge in [0.1, 0.15) is 5.60 Å². The smallest absolute Gasteiger partial charge is 0.407 e. The van der Waals surface area contributed by atoms with Gasteiger partial charge in [0.25, 0.3) is 11.8 Å². The zero-order valence-electron chi connectivity index (χ0n) is 16.7. The number of hydrogen-bond acceptors (Lipinski definition) is 4. The standard InChI is InChI=1S/C20H31N3O4/c1-5-6-11-21-17(24)15-9-7-10-16(14-15)18(25)22-12-8-13-23-19(26)27-20(2,3)4/h7,9-10,14H,5-6,8,11-13H2,1-4H3,(H,21,24)(H,22,25)(H,23,26). The summed E-state index contributed by atoms with van der Waals surface area (Å²) in [5.74, 6) is -0.435. The molecule has 7 heteroatoms. The highest BCUT2D eigenvalue weighted by atomic mass is 16.6. The van der Waals surface area contributed by atoms with Crippen molar-refractivity contribution in [2.24, 2.45) is 0 Å². The fourth-order valence-corrected chi connectivity index (χ4v) is 2.18. The van der Waals surface area contributed by atoms with Crippen LogP contribution in [0, 0.1) is 0 Å². The molecule has 0 aliphatic carbocycles. The monoisotopic (exact) mass is 377 g/mol. The molecule has 3 N–H and O–H groups in total. The molecule has 0 bridgehead atoms. The van der Waals surface area contributed by atoms with E-state index < -0.39 is 11.7 Å². The van der Waals surface area contributed by atoms with Crippen molar-refractivity contribution in [3.8, 4) is 0 Å². The van der Waals surface area contributed by atoms with Gasteiger partial charge in [0.05, 0.1) is 0 Å². The van der Waals surface area contributed by atoms with E-state index in [4.69, 9.17) is 4.74 Å². The molecule has 1 rings (SSSR count). The Balaban J connectivity index is 2.37. The van der Waals surface area contributed by atoms with Crippen molar-refractivity contribution in [2.45, 2.75) is 52.6 Å². The Hall–Kier alpha value is -2.57. The molecule has 1 aromatic carbocycles. The average Bonchev–Trinajstić information content (AvgIpc) is 2.60. The molecule has 3 amide bonds. The highest BCUT2D eigenvalue weighted by Gasteiger charge is 2.15. The van der Waals surface area contributed by atoms with Gasteiger partial charge in [-0.15, -0.1) is 0 Å². The van der Waals surface area contributed by atoms with Crippen molar-refractivity contribution in [1.82, 2.24) is 16.0 Å². The molecule has 0 aromatic heterocycles. The molecule has 0 unspecified atom stereocenters. The summed E-state index contributed by atoms with van der Waals surface area (Å²) < 4.78 is 5.13. The number of carbonyl (C=O) groups is 3. The van der Waals surface area contributed by atoms with Gasteiger partial charge in [0, 0.05) is 30.8 Å². The van der Waals surface area contributed by atoms with Gasteiger partial charge < -0.3 is 20.7 Å². The van der Waals surface area contributed by atoms with Gasteiger partial charge in [-0.05, 0) is 51.8 Å². The summed E-state index contributed by atoms with van der Waals surface area (Å²) in [5.41, 5.74) is 0.357. The van der Waals surface area contributed by atoms with Crippen molar-refractivity contribution in [3.05, 3.63) is 35.4 Å². The third-order valence-electron chi connectivity index (χ3n) is 3.51. The van der Waals surface area contributed by atoms with Crippen LogP contribution in [0.5, 0.6) is 0 Å². The molecule has 7 nitrogen and oxygen atoms in total. The van der Waals surface area contributed by atoms with E-state index in [1.807, 2.05) is 0 Å². The molecule has 0 heterocycles. The lowest BCUT2D eigenvalue weighted by molar-refractivity contribution is 0.0527. The Kier molecular flexibility index (Phi) is 9.33. The van der Waals surface area contributed by atoms with Gasteiger partial charge in [-0.2, -0.15) is 0 Å². The van der Waals surface area contributed by atoms with E-state index in [2.05, 4.69) is 22.9 Å². The Morgan fingerprint density at radius 1 is 0.889 bits per heavy atom. The zero-order chi connectivity index (χ0) is 20.3. The number of hydrogen-bond donors (Lipinski definition) is 3. The van der Waals surface area contributed by atoms with E-state index in [-0.39, 0.29) is 11.8 Å². The van der Waals surface area contributed by atoms with Crippen LogP contribution in [-0.2, 0) is 4.74 Å². The van der Waals surface area contributed by atoms with Crippen molar-refractivity contribution in [3.63, 3.8) is 0 Å². The Morgan fingerprint density at radius 2 is 1.41 bits per heavy atom. The van der Waals surface area contributed by atoms with Crippen LogP contribution in [0.4, 0.5) is 4.79 Å². The number of carbonyl (C=O) groups excluding carboxylic acids is 3. The van der Waals surface area contributed by atoms with Crippen molar-refractivity contribution in [1.29, 1.82) is 0 Å². The molecular weight excluding hydrogens is 346 g/mol. The van der Waals surface area contributed by atoms with E-state index in [1.165, 1.54) is 0 Å². The molecule has 0 spiro atoms. The van der Waals surface area contributed by atoms with Gasteiger partial charge >= 0.3 is 6.09 Å². The third-order valence-corrected chi connectivity index (χ3v) is 3.51. The molecule has 0 fully saturated rings. The van der Waals surface area contributed by atoms with Crippen LogP contribution in [0.3, 0.4) is 0 Å². The highest BCUT2D eigenvalue weighted by molar-refractivity contribution is 5.99. The summed E-state index contributed by atoms with van der Waals surface area (Å²) in [5, 5.41) is 8.24. The summed E-state index contributed by atoms with van der Waals surface area (Å²) >= 11 is 0. The fraction of sp³-hybridized carbons (Fsp3) is 0.550. The quantitative estimate of drug-likeness (QED) is 0.577. The summed E-state index contributed by atoms with van der Waals surface area (Å²) in [6.07, 6.45) is 2.02. The van der Waals surface area contributed by atoms with Crippen LogP contribution < -0.4 is 16.0 Å². The van der Waals surface area contributed by atoms with Crippen LogP contribution in [0.15, 0.2) is 24.3 Å². The van der Waals surface area contributed by atoms with Gasteiger partial charge in [0.15, 0.2) is 0 Å². The Bertz CT molecular complexity index is 638. The summed E-state index contributed by atoms with van der Waals surface area (Å²) in [7, 11) is 0. The minimum Gasteiger partial charge on any atom is -0.444 e. The average molecular weight is 377 g/mol. The SMILES string of the molecule is CCCCNC(=O)c1cccc(C(=O)NCCCNC(=O)OC(C)(C)C)c1. The molecule has 0 atom stereocenters. The van der Waals surface area contributed by atoms with Gasteiger partial charge in [-0.25, -0.2) is 4.79 Å². The van der Waals surface area contributed by atoms with E-state index >= 15 is 0 Å². The van der Waals surface area contributed by atoms with Gasteiger partial charge in [-0.1, -0.05) is 19.4 Å². The normalized spacial score (nSPS) is 10.8. The van der Waals surface area contributed by atoms with Crippen molar-refractivity contribution in [2.75, 3.05) is 19.6 Å². The van der Waals surface area contributed by atoms with Crippen molar-refractivity contribution < 1.29 is 19.1 Å². The Labute approximate surface area is 161 Å². The third kappa shape index (κ3) is 9.63. The molecule has 1 aromatic rings. The number of benzene rings is 1. The first-order valence-electron chi connectivity index (χ1n) is 9.36. The second kappa shape index (κ2) is 11.2. The lowest BCUT2D eigenvalue weighted by atomic mass is 10.1. The zero-order valence-corrected chi connectivity index (χ0v) is 16.7. The number of nitrogens with one attached hydrogen (secondary N) is 3. The van der Waals surface area contributed by atoms with Gasteiger partial charge in [-0.3, -0.25) is 9.59 Å². The fourth-order valence-electron chi connectivity index (χ4n) is 2.18. The molecule has 0 radical (unpaired) electrons. The maximum Gasteiger partial charge on any atom is 0.407 e. The second-order valence-electron chi connectivity index (χ2n) is 7.23. The van der Waals surface area contributed by atoms with Crippen LogP contribution in [0.1, 0.15) is 67.7 Å². The predicted octanol–water partition coefficient (Wildman–Crippen LogP) is 2.86. The molecule has 0 saturated heterocycles. The van der Waals surface area contributed by atoms with Gasteiger partial charge in [0.2, 0.25) is 0 Å². The topological polar surface area (TPSA) is 96.5 Å². The second-order valence-corrected chi connectivity index (χ2v) is 7.23. The number of alkyl carbamates (subject to hydrolysis) is 1. The minimum absolute atomic E-state index is 0.181. The lowest BCUT2D eigenvalue weighted by Gasteiger charge is -2.19. The Morgan fingerprint density at radius 3 is 1.93 bits per heavy atom. The van der Waals surface area contributed by atoms with Crippen LogP contribution in [0.25, 0.3) is 0 Å². The summed E-state index contributed by atoms with van der Waals surface area (Å²) in [6.45, 7) is 8.87. The highest BCUT2D eigenvalue weighted by Crippen LogP contribution is 2.07. The van der Waals surface area contributed by atoms with Crippen LogP contribution in [-0.4, -0.2) is 43.1 Å². The van der Waals surface area contributed by atoms with E-state index in [9.17, 15) is 14.4 Å². The van der Waals surface area contributed by atoms with E-state index in [0.717, 1.165) is 12.8 Å². The number of ether oxygens (including phenoxy) is 1. The first kappa shape index (κ1) is 22.5. The largest absolute Gasteiger partial charge is 0.444 e. The maximum atomic E-state index is 12.2. The molecular formula is C20H31N3O4. The molecule has 0 saturated carbocycles. The summed E-state index contributed by atoms with van der Waals surface area (Å²) in [4.78, 5) is 35.8. The van der Waals surface area contributed by atoms with Crippen LogP contribution >= 0.6 is 0 Å². The lowest BCUT2D eigenvalue weighted by Crippen LogP contribution is -2.34. The number of unbranched alkanes of at least 4 members (excludes halogenated alkanes) is 1. The van der Waals surface area contributed by atoms with E-state index in [1.54, 1.807) is 45.0 Å². The van der Waals surface area contributed by atoms with Crippen LogP contribution in [0.2, 0.25) is 0 Å². The molecule has 0 aliphatic heterocycles. The summed E-state index contributed by atoms with van der Waals surface area (Å²) in [6, 6.07) is 6.61. The first-order valence-corrected chi connectivity index (χ1v) is 9.36. The predicted molar refractivity (Wildman–Crippen MR) is 105 cm³/mol. The number of amides is 3. The maximum absolute atomic E-state index is 12.2. The number of rotatable bonds is 9. The molecule has 27 heavy (non-hydrogen) atoms. The first-order chi connectivity index (χ1) is 12.7. The van der Waals surface area contributed by atoms with E-state index in [0.29, 0.717) is 37.2 Å². The molecule has 150 valence electrons. The van der Waals surface area contributed by atoms with Crippen molar-refractivity contribution >= 4 is 17.9 Å². The minimum atomic E-state index is -0.536.